The van der Waals surface area contributed by atoms with E-state index in [1.54, 1.807) is 0 Å². The molecule has 0 aliphatic heterocycles. The Bertz CT molecular complexity index is 1310. The van der Waals surface area contributed by atoms with E-state index >= 15 is 0 Å². The maximum Gasteiger partial charge on any atom is 0.472 e. The predicted molar refractivity (Wildman–Crippen MR) is 241 cm³/mol. The van der Waals surface area contributed by atoms with Crippen molar-refractivity contribution < 1.29 is 43.0 Å². The topological polar surface area (TPSA) is 132 Å². The van der Waals surface area contributed by atoms with Crippen LogP contribution in [0.2, 0.25) is 0 Å². The van der Waals surface area contributed by atoms with Gasteiger partial charge in [0.2, 0.25) is 0 Å². The summed E-state index contributed by atoms with van der Waals surface area (Å²) in [6, 6.07) is 0. The summed E-state index contributed by atoms with van der Waals surface area (Å²) in [5.74, 6) is -0.442. The summed E-state index contributed by atoms with van der Waals surface area (Å²) in [6.07, 6.45) is 57.4. The van der Waals surface area contributed by atoms with E-state index in [4.69, 9.17) is 23.6 Å². The minimum atomic E-state index is -4.55. The fourth-order valence-electron chi connectivity index (χ4n) is 4.94. The van der Waals surface area contributed by atoms with E-state index in [1.807, 2.05) is 0 Å². The van der Waals surface area contributed by atoms with Gasteiger partial charge in [0.25, 0.3) is 0 Å². The van der Waals surface area contributed by atoms with Crippen LogP contribution in [0.4, 0.5) is 0 Å². The average Bonchev–Trinajstić information content (AvgIpc) is 3.21. The standard InChI is InChI=1S/C48H77O9P/c1-3-5-7-9-11-13-15-17-19-20-21-22-23-24-25-27-29-31-33-35-37-39-41-54-44-47(45-56-58(52,53)55-43-46(50)42-49)57-48(51)40-38-36-34-32-30-28-26-18-16-14-12-10-8-6-4-2/h5-8,11-14,17-19,21-22,24-26,29-32,46-47,49-50H,3-4,9-10,15-16,20,23,27-28,33-45H2,1-2H3,(H,52,53)/b7-5-,8-6-,13-11-,14-12-,19-17-,22-21-,25-24-,26-18-,31-29-,32-30-. The average molecular weight is 829 g/mol. The quantitative estimate of drug-likeness (QED) is 0.0240. The molecule has 0 heterocycles. The molecule has 58 heavy (non-hydrogen) atoms. The van der Waals surface area contributed by atoms with Gasteiger partial charge in [-0.15, -0.1) is 0 Å². The van der Waals surface area contributed by atoms with Crippen molar-refractivity contribution in [2.75, 3.05) is 33.0 Å². The number of carbonyl (C=O) groups is 1. The zero-order valence-corrected chi connectivity index (χ0v) is 36.6. The Morgan fingerprint density at radius 3 is 1.36 bits per heavy atom. The monoisotopic (exact) mass is 829 g/mol. The summed E-state index contributed by atoms with van der Waals surface area (Å²) in [6.45, 7) is 3.10. The molecule has 0 bridgehead atoms. The van der Waals surface area contributed by atoms with Crippen LogP contribution < -0.4 is 0 Å². The molecule has 0 amide bonds. The number of hydrogen-bond acceptors (Lipinski definition) is 8. The molecule has 0 aliphatic rings. The summed E-state index contributed by atoms with van der Waals surface area (Å²) in [4.78, 5) is 22.6. The van der Waals surface area contributed by atoms with Crippen LogP contribution in [-0.2, 0) is 27.9 Å². The zero-order chi connectivity index (χ0) is 42.5. The number of carbonyl (C=O) groups excluding carboxylic acids is 1. The lowest BCUT2D eigenvalue weighted by Crippen LogP contribution is -2.29. The third-order valence-corrected chi connectivity index (χ3v) is 9.09. The van der Waals surface area contributed by atoms with Crippen molar-refractivity contribution in [3.63, 3.8) is 0 Å². The molecule has 0 aliphatic carbocycles. The van der Waals surface area contributed by atoms with Gasteiger partial charge in [0.05, 0.1) is 26.4 Å². The van der Waals surface area contributed by atoms with Crippen molar-refractivity contribution >= 4 is 13.8 Å². The molecule has 0 aromatic heterocycles. The minimum absolute atomic E-state index is 0.000107. The van der Waals surface area contributed by atoms with Crippen LogP contribution in [0.3, 0.4) is 0 Å². The Hall–Kier alpha value is -3.14. The van der Waals surface area contributed by atoms with E-state index in [2.05, 4.69) is 135 Å². The van der Waals surface area contributed by atoms with Gasteiger partial charge in [-0.25, -0.2) is 4.57 Å². The lowest BCUT2D eigenvalue weighted by molar-refractivity contribution is -0.154. The Kier molecular flexibility index (Phi) is 41.1. The highest BCUT2D eigenvalue weighted by atomic mass is 31.2. The number of phosphoric acid groups is 1. The van der Waals surface area contributed by atoms with E-state index in [1.165, 1.54) is 0 Å². The van der Waals surface area contributed by atoms with Crippen LogP contribution >= 0.6 is 7.82 Å². The molecule has 0 fully saturated rings. The second-order valence-corrected chi connectivity index (χ2v) is 15.0. The van der Waals surface area contributed by atoms with Crippen LogP contribution in [-0.4, -0.2) is 66.3 Å². The molecule has 3 atom stereocenters. The van der Waals surface area contributed by atoms with Gasteiger partial charge >= 0.3 is 13.8 Å². The molecule has 0 rings (SSSR count). The molecular formula is C48H77O9P. The molecular weight excluding hydrogens is 751 g/mol. The van der Waals surface area contributed by atoms with Gasteiger partial charge in [-0.05, 0) is 103 Å². The fourth-order valence-corrected chi connectivity index (χ4v) is 5.72. The largest absolute Gasteiger partial charge is 0.472 e. The van der Waals surface area contributed by atoms with E-state index in [0.29, 0.717) is 13.0 Å². The summed E-state index contributed by atoms with van der Waals surface area (Å²) < 4.78 is 33.3. The maximum absolute atomic E-state index is 12.6. The highest BCUT2D eigenvalue weighted by Gasteiger charge is 2.26. The van der Waals surface area contributed by atoms with E-state index in [-0.39, 0.29) is 13.0 Å². The number of hydrogen-bond donors (Lipinski definition) is 3. The first-order valence-electron chi connectivity index (χ1n) is 21.5. The van der Waals surface area contributed by atoms with Crippen molar-refractivity contribution in [1.29, 1.82) is 0 Å². The van der Waals surface area contributed by atoms with Gasteiger partial charge < -0.3 is 24.6 Å². The molecule has 0 aromatic carbocycles. The zero-order valence-electron chi connectivity index (χ0n) is 35.7. The molecule has 10 heteroatoms. The highest BCUT2D eigenvalue weighted by molar-refractivity contribution is 7.47. The fraction of sp³-hybridized carbons (Fsp3) is 0.562. The van der Waals surface area contributed by atoms with E-state index < -0.39 is 45.8 Å². The third kappa shape index (κ3) is 42.5. The van der Waals surface area contributed by atoms with Gasteiger partial charge in [-0.3, -0.25) is 13.8 Å². The van der Waals surface area contributed by atoms with Crippen molar-refractivity contribution in [2.24, 2.45) is 0 Å². The number of allylic oxidation sites excluding steroid dienone is 20. The van der Waals surface area contributed by atoms with Crippen LogP contribution in [0.1, 0.15) is 129 Å². The molecule has 0 saturated heterocycles. The number of ether oxygens (including phenoxy) is 2. The second kappa shape index (κ2) is 43.4. The van der Waals surface area contributed by atoms with Gasteiger partial charge in [0.15, 0.2) is 0 Å². The predicted octanol–water partition coefficient (Wildman–Crippen LogP) is 12.0. The maximum atomic E-state index is 12.6. The van der Waals surface area contributed by atoms with Crippen LogP contribution in [0.5, 0.6) is 0 Å². The highest BCUT2D eigenvalue weighted by Crippen LogP contribution is 2.43. The summed E-state index contributed by atoms with van der Waals surface area (Å²) >= 11 is 0. The van der Waals surface area contributed by atoms with Gasteiger partial charge in [0.1, 0.15) is 12.2 Å². The third-order valence-electron chi connectivity index (χ3n) is 8.14. The lowest BCUT2D eigenvalue weighted by Gasteiger charge is -2.20. The smallest absolute Gasteiger partial charge is 0.457 e. The van der Waals surface area contributed by atoms with Crippen LogP contribution in [0, 0.1) is 0 Å². The molecule has 0 radical (unpaired) electrons. The summed E-state index contributed by atoms with van der Waals surface area (Å²) in [7, 11) is -4.55. The second-order valence-electron chi connectivity index (χ2n) is 13.6. The van der Waals surface area contributed by atoms with Gasteiger partial charge in [-0.2, -0.15) is 0 Å². The number of rotatable bonds is 39. The molecule has 3 N–H and O–H groups in total. The van der Waals surface area contributed by atoms with Gasteiger partial charge in [-0.1, -0.05) is 142 Å². The van der Waals surface area contributed by atoms with Crippen molar-refractivity contribution in [1.82, 2.24) is 0 Å². The van der Waals surface area contributed by atoms with Crippen molar-refractivity contribution in [3.05, 3.63) is 122 Å². The Labute approximate surface area is 352 Å². The van der Waals surface area contributed by atoms with Crippen LogP contribution in [0.25, 0.3) is 0 Å². The molecule has 0 saturated carbocycles. The molecule has 3 unspecified atom stereocenters. The van der Waals surface area contributed by atoms with Gasteiger partial charge in [0, 0.05) is 13.0 Å². The Balaban J connectivity index is 4.34. The number of phosphoric ester groups is 1. The minimum Gasteiger partial charge on any atom is -0.457 e. The van der Waals surface area contributed by atoms with Crippen molar-refractivity contribution in [2.45, 2.75) is 142 Å². The SMILES string of the molecule is CC/C=C\C/C=C\C/C=C\C/C=C\C/C=C\C/C=C\CCCCCOCC(COP(=O)(O)OCC(O)CO)OC(=O)CCCC/C=C\C/C=C\C/C=C\C/C=C\CC. The van der Waals surface area contributed by atoms with Crippen molar-refractivity contribution in [3.8, 4) is 0 Å². The normalized spacial score (nSPS) is 15.2. The molecule has 0 spiro atoms. The molecule has 328 valence electrons. The molecule has 0 aromatic rings. The first kappa shape index (κ1) is 54.9. The number of aliphatic hydroxyl groups excluding tert-OH is 2. The Morgan fingerprint density at radius 2 is 0.931 bits per heavy atom. The summed E-state index contributed by atoms with van der Waals surface area (Å²) in [5.41, 5.74) is 0. The van der Waals surface area contributed by atoms with E-state index in [9.17, 15) is 19.4 Å². The molecule has 9 nitrogen and oxygen atoms in total. The first-order chi connectivity index (χ1) is 28.3. The Morgan fingerprint density at radius 1 is 0.534 bits per heavy atom. The van der Waals surface area contributed by atoms with Crippen LogP contribution in [0.15, 0.2) is 122 Å². The lowest BCUT2D eigenvalue weighted by atomic mass is 10.2. The number of esters is 1. The summed E-state index contributed by atoms with van der Waals surface area (Å²) in [5, 5.41) is 18.3. The number of aliphatic hydroxyl groups is 2. The first-order valence-corrected chi connectivity index (χ1v) is 23.0. The van der Waals surface area contributed by atoms with E-state index in [0.717, 1.165) is 103 Å². The number of unbranched alkanes of at least 4 members (excludes halogenated alkanes) is 5.